The Morgan fingerprint density at radius 2 is 1.88 bits per heavy atom. The smallest absolute Gasteiger partial charge is 0.0118 e. The number of hydrogen-bond acceptors (Lipinski definition) is 2. The zero-order chi connectivity index (χ0) is 12.3. The Balaban J connectivity index is 1.68. The highest BCUT2D eigenvalue weighted by molar-refractivity contribution is 4.83. The summed E-state index contributed by atoms with van der Waals surface area (Å²) in [5, 5.41) is 3.65. The van der Waals surface area contributed by atoms with Crippen LogP contribution in [0.4, 0.5) is 0 Å². The molecule has 2 heteroatoms. The Kier molecular flexibility index (Phi) is 4.87. The molecule has 0 aromatic heterocycles. The largest absolute Gasteiger partial charge is 0.314 e. The van der Waals surface area contributed by atoms with Crippen LogP contribution in [-0.4, -0.2) is 37.1 Å². The fourth-order valence-corrected chi connectivity index (χ4v) is 3.30. The minimum atomic E-state index is 0.787. The van der Waals surface area contributed by atoms with Crippen molar-refractivity contribution < 1.29 is 0 Å². The molecule has 2 fully saturated rings. The van der Waals surface area contributed by atoms with Crippen molar-refractivity contribution in [2.45, 2.75) is 64.5 Å². The highest BCUT2D eigenvalue weighted by Gasteiger charge is 2.26. The second-order valence-corrected chi connectivity index (χ2v) is 6.56. The third-order valence-electron chi connectivity index (χ3n) is 4.56. The molecule has 2 nitrogen and oxygen atoms in total. The molecule has 0 aliphatic heterocycles. The molecule has 3 atom stereocenters. The average molecular weight is 238 g/mol. The number of nitrogens with zero attached hydrogens (tertiary/aromatic N) is 1. The first-order valence-corrected chi connectivity index (χ1v) is 7.60. The summed E-state index contributed by atoms with van der Waals surface area (Å²) in [5.74, 6) is 1.69. The topological polar surface area (TPSA) is 15.3 Å². The summed E-state index contributed by atoms with van der Waals surface area (Å²) < 4.78 is 0. The second kappa shape index (κ2) is 6.19. The van der Waals surface area contributed by atoms with Crippen LogP contribution in [0.25, 0.3) is 0 Å². The zero-order valence-corrected chi connectivity index (χ0v) is 11.9. The molecule has 2 saturated carbocycles. The maximum absolute atomic E-state index is 3.65. The van der Waals surface area contributed by atoms with E-state index >= 15 is 0 Å². The van der Waals surface area contributed by atoms with E-state index in [0.717, 1.165) is 23.9 Å². The lowest BCUT2D eigenvalue weighted by atomic mass is 9.85. The molecular formula is C15H30N2. The van der Waals surface area contributed by atoms with Crippen LogP contribution in [0.1, 0.15) is 52.4 Å². The first-order chi connectivity index (χ1) is 8.16. The Morgan fingerprint density at radius 3 is 2.53 bits per heavy atom. The summed E-state index contributed by atoms with van der Waals surface area (Å²) in [6, 6.07) is 1.70. The minimum absolute atomic E-state index is 0.787. The molecule has 100 valence electrons. The molecule has 0 bridgehead atoms. The molecule has 2 aliphatic carbocycles. The summed E-state index contributed by atoms with van der Waals surface area (Å²) in [4.78, 5) is 2.63. The van der Waals surface area contributed by atoms with Crippen molar-refractivity contribution in [2.24, 2.45) is 11.8 Å². The van der Waals surface area contributed by atoms with Gasteiger partial charge in [0.1, 0.15) is 0 Å². The van der Waals surface area contributed by atoms with Crippen LogP contribution in [0.2, 0.25) is 0 Å². The van der Waals surface area contributed by atoms with Gasteiger partial charge in [0, 0.05) is 18.6 Å². The molecule has 0 spiro atoms. The molecule has 0 aromatic carbocycles. The Labute approximate surface area is 107 Å². The first-order valence-electron chi connectivity index (χ1n) is 7.60. The Morgan fingerprint density at radius 1 is 1.18 bits per heavy atom. The molecule has 0 amide bonds. The number of rotatable bonds is 6. The van der Waals surface area contributed by atoms with Crippen LogP contribution in [-0.2, 0) is 0 Å². The van der Waals surface area contributed by atoms with Gasteiger partial charge < -0.3 is 10.2 Å². The third kappa shape index (κ3) is 4.26. The van der Waals surface area contributed by atoms with Crippen LogP contribution in [0, 0.1) is 11.8 Å². The van der Waals surface area contributed by atoms with Gasteiger partial charge in [-0.15, -0.1) is 0 Å². The van der Waals surface area contributed by atoms with Crippen molar-refractivity contribution in [1.29, 1.82) is 0 Å². The monoisotopic (exact) mass is 238 g/mol. The van der Waals surface area contributed by atoms with Crippen molar-refractivity contribution >= 4 is 0 Å². The third-order valence-corrected chi connectivity index (χ3v) is 4.56. The van der Waals surface area contributed by atoms with Gasteiger partial charge in [-0.05, 0) is 51.1 Å². The van der Waals surface area contributed by atoms with E-state index in [-0.39, 0.29) is 0 Å². The van der Waals surface area contributed by atoms with Gasteiger partial charge in [0.05, 0.1) is 0 Å². The summed E-state index contributed by atoms with van der Waals surface area (Å²) in [6.07, 6.45) is 8.55. The maximum Gasteiger partial charge on any atom is 0.0118 e. The number of hydrogen-bond donors (Lipinski definition) is 1. The van der Waals surface area contributed by atoms with Crippen molar-refractivity contribution in [2.75, 3.05) is 20.1 Å². The van der Waals surface area contributed by atoms with E-state index in [1.165, 1.54) is 51.6 Å². The van der Waals surface area contributed by atoms with Gasteiger partial charge in [0.15, 0.2) is 0 Å². The molecule has 17 heavy (non-hydrogen) atoms. The molecule has 0 heterocycles. The van der Waals surface area contributed by atoms with Gasteiger partial charge in [-0.2, -0.15) is 0 Å². The highest BCUT2D eigenvalue weighted by atomic mass is 15.1. The molecule has 1 N–H and O–H groups in total. The first kappa shape index (κ1) is 13.4. The number of nitrogens with one attached hydrogen (secondary N) is 1. The van der Waals surface area contributed by atoms with Crippen LogP contribution >= 0.6 is 0 Å². The lowest BCUT2D eigenvalue weighted by Crippen LogP contribution is -2.42. The van der Waals surface area contributed by atoms with E-state index in [1.807, 2.05) is 0 Å². The molecule has 0 radical (unpaired) electrons. The van der Waals surface area contributed by atoms with Crippen molar-refractivity contribution in [3.63, 3.8) is 0 Å². The Bertz CT molecular complexity index is 225. The summed E-state index contributed by atoms with van der Waals surface area (Å²) in [6.45, 7) is 7.29. The zero-order valence-electron chi connectivity index (χ0n) is 11.9. The molecule has 3 unspecified atom stereocenters. The maximum atomic E-state index is 3.65. The predicted octanol–water partition coefficient (Wildman–Crippen LogP) is 2.89. The van der Waals surface area contributed by atoms with E-state index in [2.05, 4.69) is 31.1 Å². The van der Waals surface area contributed by atoms with Crippen LogP contribution in [0.5, 0.6) is 0 Å². The van der Waals surface area contributed by atoms with Gasteiger partial charge in [0.25, 0.3) is 0 Å². The van der Waals surface area contributed by atoms with Gasteiger partial charge in [0.2, 0.25) is 0 Å². The Hall–Kier alpha value is -0.0800. The van der Waals surface area contributed by atoms with Crippen molar-refractivity contribution in [3.05, 3.63) is 0 Å². The lowest BCUT2D eigenvalue weighted by molar-refractivity contribution is 0.124. The summed E-state index contributed by atoms with van der Waals surface area (Å²) in [7, 11) is 2.33. The van der Waals surface area contributed by atoms with E-state index in [4.69, 9.17) is 0 Å². The molecule has 0 aromatic rings. The minimum Gasteiger partial charge on any atom is -0.314 e. The van der Waals surface area contributed by atoms with Crippen molar-refractivity contribution in [1.82, 2.24) is 10.2 Å². The lowest BCUT2D eigenvalue weighted by Gasteiger charge is -2.37. The fraction of sp³-hybridized carbons (Fsp3) is 1.00. The molecular weight excluding hydrogens is 208 g/mol. The van der Waals surface area contributed by atoms with Gasteiger partial charge >= 0.3 is 0 Å². The normalized spacial score (nSPS) is 31.8. The van der Waals surface area contributed by atoms with E-state index < -0.39 is 0 Å². The predicted molar refractivity (Wildman–Crippen MR) is 74.2 cm³/mol. The highest BCUT2D eigenvalue weighted by Crippen LogP contribution is 2.27. The summed E-state index contributed by atoms with van der Waals surface area (Å²) in [5.41, 5.74) is 0. The van der Waals surface area contributed by atoms with E-state index in [1.54, 1.807) is 0 Å². The van der Waals surface area contributed by atoms with E-state index in [9.17, 15) is 0 Å². The van der Waals surface area contributed by atoms with Crippen LogP contribution < -0.4 is 5.32 Å². The average Bonchev–Trinajstić information content (AvgIpc) is 3.10. The van der Waals surface area contributed by atoms with Gasteiger partial charge in [-0.25, -0.2) is 0 Å². The molecule has 2 rings (SSSR count). The summed E-state index contributed by atoms with van der Waals surface area (Å²) >= 11 is 0. The van der Waals surface area contributed by atoms with Crippen LogP contribution in [0.3, 0.4) is 0 Å². The second-order valence-electron chi connectivity index (χ2n) is 6.56. The standard InChI is InChI=1S/C15H30N2/c1-12(10-16-14-8-9-14)11-17(3)15-7-5-4-6-13(15)2/h12-16H,4-11H2,1-3H3. The van der Waals surface area contributed by atoms with Gasteiger partial charge in [-0.1, -0.05) is 26.7 Å². The quantitative estimate of drug-likeness (QED) is 0.765. The SMILES string of the molecule is CC(CNC1CC1)CN(C)C1CCCCC1C. The molecule has 2 aliphatic rings. The van der Waals surface area contributed by atoms with Crippen molar-refractivity contribution in [3.8, 4) is 0 Å². The molecule has 0 saturated heterocycles. The van der Waals surface area contributed by atoms with Gasteiger partial charge in [-0.3, -0.25) is 0 Å². The fourth-order valence-electron chi connectivity index (χ4n) is 3.30. The van der Waals surface area contributed by atoms with E-state index in [0.29, 0.717) is 0 Å². The van der Waals surface area contributed by atoms with Crippen LogP contribution in [0.15, 0.2) is 0 Å².